The maximum absolute atomic E-state index is 13.0. The number of ether oxygens (including phenoxy) is 1. The molecule has 0 radical (unpaired) electrons. The number of rotatable bonds is 9. The summed E-state index contributed by atoms with van der Waals surface area (Å²) >= 11 is 0. The lowest BCUT2D eigenvalue weighted by molar-refractivity contribution is -0.121. The van der Waals surface area contributed by atoms with Crippen LogP contribution >= 0.6 is 0 Å². The van der Waals surface area contributed by atoms with Crippen LogP contribution in [0.3, 0.4) is 0 Å². The Morgan fingerprint density at radius 3 is 2.59 bits per heavy atom. The van der Waals surface area contributed by atoms with Crippen LogP contribution in [0.25, 0.3) is 0 Å². The molecule has 0 bridgehead atoms. The molecule has 0 saturated carbocycles. The Labute approximate surface area is 159 Å². The molecule has 0 spiro atoms. The van der Waals surface area contributed by atoms with Crippen molar-refractivity contribution >= 4 is 15.9 Å². The van der Waals surface area contributed by atoms with Crippen molar-refractivity contribution in [3.05, 3.63) is 59.9 Å². The Morgan fingerprint density at radius 2 is 1.89 bits per heavy atom. The smallest absolute Gasteiger partial charge is 0.242 e. The second-order valence-corrected chi connectivity index (χ2v) is 8.20. The highest BCUT2D eigenvalue weighted by Crippen LogP contribution is 2.18. The van der Waals surface area contributed by atoms with E-state index in [1.807, 2.05) is 0 Å². The number of benzene rings is 2. The van der Waals surface area contributed by atoms with Crippen molar-refractivity contribution in [2.45, 2.75) is 24.3 Å². The number of nitrogens with zero attached hydrogens (tertiary/aromatic N) is 1. The predicted molar refractivity (Wildman–Crippen MR) is 100 cm³/mol. The van der Waals surface area contributed by atoms with Crippen LogP contribution in [0, 0.1) is 5.82 Å². The zero-order valence-corrected chi connectivity index (χ0v) is 16.1. The van der Waals surface area contributed by atoms with E-state index in [1.54, 1.807) is 30.3 Å². The van der Waals surface area contributed by atoms with Crippen molar-refractivity contribution in [2.75, 3.05) is 20.7 Å². The lowest BCUT2D eigenvalue weighted by atomic mass is 10.2. The summed E-state index contributed by atoms with van der Waals surface area (Å²) in [5.41, 5.74) is 0.524. The van der Waals surface area contributed by atoms with Gasteiger partial charge in [-0.2, -0.15) is 0 Å². The van der Waals surface area contributed by atoms with Gasteiger partial charge in [0.05, 0.1) is 11.5 Å². The summed E-state index contributed by atoms with van der Waals surface area (Å²) in [6, 6.07) is 12.4. The van der Waals surface area contributed by atoms with Crippen LogP contribution in [-0.4, -0.2) is 39.3 Å². The predicted octanol–water partition coefficient (Wildman–Crippen LogP) is 2.55. The minimum Gasteiger partial charge on any atom is -0.493 e. The number of halogens is 1. The van der Waals surface area contributed by atoms with E-state index < -0.39 is 10.0 Å². The molecule has 27 heavy (non-hydrogen) atoms. The Bertz CT molecular complexity index is 885. The van der Waals surface area contributed by atoms with Crippen molar-refractivity contribution in [2.24, 2.45) is 0 Å². The van der Waals surface area contributed by atoms with Crippen LogP contribution in [0.2, 0.25) is 0 Å². The third-order valence-electron chi connectivity index (χ3n) is 3.82. The van der Waals surface area contributed by atoms with E-state index in [0.29, 0.717) is 17.7 Å². The molecule has 2 aromatic rings. The maximum atomic E-state index is 13.0. The van der Waals surface area contributed by atoms with Crippen molar-refractivity contribution in [3.8, 4) is 5.75 Å². The van der Waals surface area contributed by atoms with Crippen LogP contribution < -0.4 is 10.1 Å². The van der Waals surface area contributed by atoms with Gasteiger partial charge in [-0.05, 0) is 30.2 Å². The zero-order chi connectivity index (χ0) is 19.9. The molecule has 1 N–H and O–H groups in total. The van der Waals surface area contributed by atoms with E-state index in [4.69, 9.17) is 4.74 Å². The van der Waals surface area contributed by atoms with Gasteiger partial charge in [-0.15, -0.1) is 0 Å². The van der Waals surface area contributed by atoms with E-state index in [0.717, 1.165) is 4.31 Å². The number of amides is 1. The normalized spacial score (nSPS) is 11.4. The van der Waals surface area contributed by atoms with Gasteiger partial charge in [0.1, 0.15) is 11.6 Å². The second-order valence-electron chi connectivity index (χ2n) is 6.08. The fraction of sp³-hybridized carbons (Fsp3) is 0.316. The molecule has 0 heterocycles. The highest BCUT2D eigenvalue weighted by atomic mass is 32.2. The quantitative estimate of drug-likeness (QED) is 0.663. The van der Waals surface area contributed by atoms with E-state index in [9.17, 15) is 17.6 Å². The van der Waals surface area contributed by atoms with Crippen LogP contribution in [0.5, 0.6) is 5.75 Å². The van der Waals surface area contributed by atoms with E-state index in [2.05, 4.69) is 5.32 Å². The summed E-state index contributed by atoms with van der Waals surface area (Å²) in [6.45, 7) is 0.398. The van der Waals surface area contributed by atoms with Crippen LogP contribution in [-0.2, 0) is 21.4 Å². The molecular formula is C19H23FN2O4S. The number of carbonyl (C=O) groups is 1. The molecule has 6 nitrogen and oxygen atoms in total. The van der Waals surface area contributed by atoms with Crippen LogP contribution in [0.15, 0.2) is 53.4 Å². The summed E-state index contributed by atoms with van der Waals surface area (Å²) in [7, 11) is -0.656. The van der Waals surface area contributed by atoms with Crippen molar-refractivity contribution < 1.29 is 22.3 Å². The second kappa shape index (κ2) is 9.48. The van der Waals surface area contributed by atoms with Crippen molar-refractivity contribution in [1.29, 1.82) is 0 Å². The highest BCUT2D eigenvalue weighted by molar-refractivity contribution is 7.89. The third-order valence-corrected chi connectivity index (χ3v) is 5.74. The molecule has 2 aromatic carbocycles. The molecular weight excluding hydrogens is 371 g/mol. The molecule has 0 aliphatic carbocycles. The number of hydrogen-bond donors (Lipinski definition) is 1. The first-order valence-electron chi connectivity index (χ1n) is 8.46. The van der Waals surface area contributed by atoms with Crippen molar-refractivity contribution in [1.82, 2.24) is 9.62 Å². The summed E-state index contributed by atoms with van der Waals surface area (Å²) in [5, 5.41) is 2.72. The molecule has 0 saturated heterocycles. The first kappa shape index (κ1) is 20.9. The Morgan fingerprint density at radius 1 is 1.15 bits per heavy atom. The standard InChI is InChI=1S/C19H23FN2O4S/c1-22(2)27(24,25)18-10-4-3-7-15(18)14-21-19(23)11-6-12-26-17-9-5-8-16(20)13-17/h3-5,7-10,13H,6,11-12,14H2,1-2H3,(H,21,23). The molecule has 0 aliphatic heterocycles. The molecule has 8 heteroatoms. The van der Waals surface area contributed by atoms with Crippen molar-refractivity contribution in [3.63, 3.8) is 0 Å². The monoisotopic (exact) mass is 394 g/mol. The van der Waals surface area contributed by atoms with Gasteiger partial charge < -0.3 is 10.1 Å². The maximum Gasteiger partial charge on any atom is 0.242 e. The zero-order valence-electron chi connectivity index (χ0n) is 15.3. The Kier molecular flexibility index (Phi) is 7.32. The van der Waals surface area contributed by atoms with Crippen LogP contribution in [0.4, 0.5) is 4.39 Å². The van der Waals surface area contributed by atoms with Gasteiger partial charge in [0, 0.05) is 33.1 Å². The molecule has 1 amide bonds. The topological polar surface area (TPSA) is 75.7 Å². The van der Waals surface area contributed by atoms with Gasteiger partial charge in [-0.25, -0.2) is 17.1 Å². The number of nitrogens with one attached hydrogen (secondary N) is 1. The largest absolute Gasteiger partial charge is 0.493 e. The molecule has 2 rings (SSSR count). The number of sulfonamides is 1. The van der Waals surface area contributed by atoms with E-state index in [1.165, 1.54) is 32.3 Å². The average molecular weight is 394 g/mol. The number of carbonyl (C=O) groups excluding carboxylic acids is 1. The van der Waals surface area contributed by atoms with Gasteiger partial charge in [0.25, 0.3) is 0 Å². The van der Waals surface area contributed by atoms with Crippen LogP contribution in [0.1, 0.15) is 18.4 Å². The van der Waals surface area contributed by atoms with E-state index >= 15 is 0 Å². The SMILES string of the molecule is CN(C)S(=O)(=O)c1ccccc1CNC(=O)CCCOc1cccc(F)c1. The Balaban J connectivity index is 1.82. The number of hydrogen-bond acceptors (Lipinski definition) is 4. The molecule has 146 valence electrons. The fourth-order valence-corrected chi connectivity index (χ4v) is 3.48. The minimum atomic E-state index is -3.58. The molecule has 0 aliphatic rings. The van der Waals surface area contributed by atoms with Gasteiger partial charge >= 0.3 is 0 Å². The first-order valence-corrected chi connectivity index (χ1v) is 9.90. The van der Waals surface area contributed by atoms with E-state index in [-0.39, 0.29) is 36.2 Å². The molecule has 0 unspecified atom stereocenters. The highest BCUT2D eigenvalue weighted by Gasteiger charge is 2.20. The third kappa shape index (κ3) is 6.04. The average Bonchev–Trinajstić information content (AvgIpc) is 2.63. The summed E-state index contributed by atoms with van der Waals surface area (Å²) < 4.78 is 44.2. The summed E-state index contributed by atoms with van der Waals surface area (Å²) in [4.78, 5) is 12.2. The lowest BCUT2D eigenvalue weighted by Crippen LogP contribution is -2.27. The van der Waals surface area contributed by atoms with Gasteiger partial charge in [-0.1, -0.05) is 24.3 Å². The van der Waals surface area contributed by atoms with Gasteiger partial charge in [0.2, 0.25) is 15.9 Å². The molecule has 0 aromatic heterocycles. The first-order chi connectivity index (χ1) is 12.8. The van der Waals surface area contributed by atoms with Gasteiger partial charge in [0.15, 0.2) is 0 Å². The fourth-order valence-electron chi connectivity index (χ4n) is 2.36. The minimum absolute atomic E-state index is 0.118. The molecule has 0 fully saturated rings. The molecule has 0 atom stereocenters. The Hall–Kier alpha value is -2.45. The summed E-state index contributed by atoms with van der Waals surface area (Å²) in [5.74, 6) is -0.176. The lowest BCUT2D eigenvalue weighted by Gasteiger charge is -2.15. The van der Waals surface area contributed by atoms with Gasteiger partial charge in [-0.3, -0.25) is 4.79 Å². The summed E-state index contributed by atoms with van der Waals surface area (Å²) in [6.07, 6.45) is 0.678.